The van der Waals surface area contributed by atoms with Crippen LogP contribution in [0.5, 0.6) is 0 Å². The monoisotopic (exact) mass is 400 g/mol. The lowest BCUT2D eigenvalue weighted by atomic mass is 10.1. The maximum atomic E-state index is 12.4. The summed E-state index contributed by atoms with van der Waals surface area (Å²) in [5.74, 6) is -0.856. The number of ether oxygens (including phenoxy) is 1. The number of rotatable bonds is 7. The average Bonchev–Trinajstić information content (AvgIpc) is 2.67. The van der Waals surface area contributed by atoms with Crippen molar-refractivity contribution < 1.29 is 19.1 Å². The fourth-order valence-corrected chi connectivity index (χ4v) is 3.27. The molecule has 0 aromatic heterocycles. The summed E-state index contributed by atoms with van der Waals surface area (Å²) in [6.45, 7) is 3.56. The van der Waals surface area contributed by atoms with E-state index in [0.717, 1.165) is 11.1 Å². The smallest absolute Gasteiger partial charge is 0.339 e. The molecule has 2 aromatic carbocycles. The Hall–Kier alpha value is -2.80. The Morgan fingerprint density at radius 2 is 1.75 bits per heavy atom. The first-order valence-corrected chi connectivity index (χ1v) is 9.72. The van der Waals surface area contributed by atoms with Gasteiger partial charge in [0.05, 0.1) is 11.3 Å². The molecule has 0 radical (unpaired) electrons. The standard InChI is InChI=1S/C21H24N2O4S/c1-14-9-10-16(11-15(14)2)22-19(24)12-27-21(26)17-7-5-6-8-18(17)28-13-20(25)23(3)4/h5-11H,12-13H2,1-4H3,(H,22,24). The number of esters is 1. The minimum Gasteiger partial charge on any atom is -0.452 e. The zero-order chi connectivity index (χ0) is 20.7. The first-order valence-electron chi connectivity index (χ1n) is 8.74. The van der Waals surface area contributed by atoms with Gasteiger partial charge in [-0.05, 0) is 49.2 Å². The number of anilines is 1. The van der Waals surface area contributed by atoms with Crippen LogP contribution < -0.4 is 5.32 Å². The number of amides is 2. The molecule has 0 saturated carbocycles. The number of thioether (sulfide) groups is 1. The Balaban J connectivity index is 1.94. The van der Waals surface area contributed by atoms with Crippen LogP contribution in [0.1, 0.15) is 21.5 Å². The van der Waals surface area contributed by atoms with Crippen LogP contribution in [-0.4, -0.2) is 49.1 Å². The van der Waals surface area contributed by atoms with Crippen LogP contribution in [0.2, 0.25) is 0 Å². The topological polar surface area (TPSA) is 75.7 Å². The van der Waals surface area contributed by atoms with Gasteiger partial charge in [-0.1, -0.05) is 18.2 Å². The second-order valence-corrected chi connectivity index (χ2v) is 7.51. The summed E-state index contributed by atoms with van der Waals surface area (Å²) >= 11 is 1.26. The molecule has 0 aliphatic rings. The Labute approximate surface area is 169 Å². The summed E-state index contributed by atoms with van der Waals surface area (Å²) in [5.41, 5.74) is 3.18. The summed E-state index contributed by atoms with van der Waals surface area (Å²) in [7, 11) is 3.36. The quantitative estimate of drug-likeness (QED) is 0.570. The summed E-state index contributed by atoms with van der Waals surface area (Å²) in [6, 6.07) is 12.4. The fraction of sp³-hybridized carbons (Fsp3) is 0.286. The summed E-state index contributed by atoms with van der Waals surface area (Å²) < 4.78 is 5.15. The van der Waals surface area contributed by atoms with Gasteiger partial charge in [-0.3, -0.25) is 9.59 Å². The summed E-state index contributed by atoms with van der Waals surface area (Å²) in [4.78, 5) is 38.4. The van der Waals surface area contributed by atoms with Gasteiger partial charge in [0, 0.05) is 24.7 Å². The van der Waals surface area contributed by atoms with Crippen molar-refractivity contribution in [1.29, 1.82) is 0 Å². The second kappa shape index (κ2) is 9.94. The molecule has 0 atom stereocenters. The number of benzene rings is 2. The van der Waals surface area contributed by atoms with Crippen LogP contribution in [-0.2, 0) is 14.3 Å². The molecule has 0 fully saturated rings. The van der Waals surface area contributed by atoms with Crippen molar-refractivity contribution in [2.75, 3.05) is 31.8 Å². The zero-order valence-corrected chi connectivity index (χ0v) is 17.3. The molecular formula is C21H24N2O4S. The van der Waals surface area contributed by atoms with Gasteiger partial charge in [0.15, 0.2) is 6.61 Å². The van der Waals surface area contributed by atoms with Gasteiger partial charge in [0.2, 0.25) is 5.91 Å². The van der Waals surface area contributed by atoms with Crippen molar-refractivity contribution in [1.82, 2.24) is 4.90 Å². The number of nitrogens with zero attached hydrogens (tertiary/aromatic N) is 1. The van der Waals surface area contributed by atoms with Crippen molar-refractivity contribution in [2.45, 2.75) is 18.7 Å². The van der Waals surface area contributed by atoms with Crippen LogP contribution in [0.3, 0.4) is 0 Å². The minimum absolute atomic E-state index is 0.0547. The summed E-state index contributed by atoms with van der Waals surface area (Å²) in [5, 5.41) is 2.71. The highest BCUT2D eigenvalue weighted by Crippen LogP contribution is 2.23. The maximum absolute atomic E-state index is 12.4. The van der Waals surface area contributed by atoms with E-state index in [-0.39, 0.29) is 18.3 Å². The Morgan fingerprint density at radius 1 is 1.04 bits per heavy atom. The Kier molecular flexibility index (Phi) is 7.63. The first-order chi connectivity index (χ1) is 13.3. The summed E-state index contributed by atoms with van der Waals surface area (Å²) in [6.07, 6.45) is 0. The van der Waals surface area contributed by atoms with Crippen LogP contribution >= 0.6 is 11.8 Å². The number of hydrogen-bond acceptors (Lipinski definition) is 5. The highest BCUT2D eigenvalue weighted by molar-refractivity contribution is 8.00. The molecule has 0 bridgehead atoms. The number of aryl methyl sites for hydroxylation is 2. The normalized spacial score (nSPS) is 10.3. The van der Waals surface area contributed by atoms with E-state index in [2.05, 4.69) is 5.32 Å². The molecule has 0 spiro atoms. The van der Waals surface area contributed by atoms with Gasteiger partial charge >= 0.3 is 5.97 Å². The number of carbonyl (C=O) groups is 3. The van der Waals surface area contributed by atoms with Gasteiger partial charge < -0.3 is 15.0 Å². The van der Waals surface area contributed by atoms with E-state index in [0.29, 0.717) is 16.1 Å². The van der Waals surface area contributed by atoms with E-state index in [1.807, 2.05) is 26.0 Å². The SMILES string of the molecule is Cc1ccc(NC(=O)COC(=O)c2ccccc2SCC(=O)N(C)C)cc1C. The van der Waals surface area contributed by atoms with E-state index < -0.39 is 11.9 Å². The lowest BCUT2D eigenvalue weighted by Crippen LogP contribution is -2.23. The molecule has 2 rings (SSSR count). The predicted octanol–water partition coefficient (Wildman–Crippen LogP) is 3.28. The molecule has 1 N–H and O–H groups in total. The van der Waals surface area contributed by atoms with E-state index >= 15 is 0 Å². The Morgan fingerprint density at radius 3 is 2.43 bits per heavy atom. The van der Waals surface area contributed by atoms with Crippen LogP contribution in [0.25, 0.3) is 0 Å². The molecule has 148 valence electrons. The molecule has 2 amide bonds. The predicted molar refractivity (Wildman–Crippen MR) is 111 cm³/mol. The van der Waals surface area contributed by atoms with Crippen LogP contribution in [0, 0.1) is 13.8 Å². The highest BCUT2D eigenvalue weighted by atomic mass is 32.2. The maximum Gasteiger partial charge on any atom is 0.339 e. The molecule has 0 unspecified atom stereocenters. The third-order valence-electron chi connectivity index (χ3n) is 4.08. The number of carbonyl (C=O) groups excluding carboxylic acids is 3. The van der Waals surface area contributed by atoms with Crippen LogP contribution in [0.15, 0.2) is 47.4 Å². The van der Waals surface area contributed by atoms with Crippen molar-refractivity contribution >= 4 is 35.2 Å². The molecule has 28 heavy (non-hydrogen) atoms. The van der Waals surface area contributed by atoms with Gasteiger partial charge in [-0.2, -0.15) is 0 Å². The molecule has 7 heteroatoms. The average molecular weight is 401 g/mol. The van der Waals surface area contributed by atoms with E-state index in [1.165, 1.54) is 16.7 Å². The lowest BCUT2D eigenvalue weighted by Gasteiger charge is -2.12. The van der Waals surface area contributed by atoms with Crippen LogP contribution in [0.4, 0.5) is 5.69 Å². The molecule has 0 saturated heterocycles. The van der Waals surface area contributed by atoms with Crippen molar-refractivity contribution in [3.8, 4) is 0 Å². The largest absolute Gasteiger partial charge is 0.452 e. The van der Waals surface area contributed by atoms with Gasteiger partial charge in [0.1, 0.15) is 0 Å². The number of hydrogen-bond donors (Lipinski definition) is 1. The molecule has 0 aliphatic heterocycles. The third-order valence-corrected chi connectivity index (χ3v) is 5.14. The van der Waals surface area contributed by atoms with Gasteiger partial charge in [0.25, 0.3) is 5.91 Å². The molecule has 0 aliphatic carbocycles. The van der Waals surface area contributed by atoms with Gasteiger partial charge in [-0.25, -0.2) is 4.79 Å². The third kappa shape index (κ3) is 6.13. The lowest BCUT2D eigenvalue weighted by molar-refractivity contribution is -0.125. The van der Waals surface area contributed by atoms with E-state index in [4.69, 9.17) is 4.74 Å². The molecular weight excluding hydrogens is 376 g/mol. The van der Waals surface area contributed by atoms with E-state index in [1.54, 1.807) is 44.4 Å². The molecule has 0 heterocycles. The van der Waals surface area contributed by atoms with Crippen molar-refractivity contribution in [2.24, 2.45) is 0 Å². The highest BCUT2D eigenvalue weighted by Gasteiger charge is 2.16. The fourth-order valence-electron chi connectivity index (χ4n) is 2.25. The first kappa shape index (κ1) is 21.5. The number of nitrogens with one attached hydrogen (secondary N) is 1. The molecule has 2 aromatic rings. The van der Waals surface area contributed by atoms with Gasteiger partial charge in [-0.15, -0.1) is 11.8 Å². The molecule has 6 nitrogen and oxygen atoms in total. The minimum atomic E-state index is -0.601. The zero-order valence-electron chi connectivity index (χ0n) is 16.4. The Bertz CT molecular complexity index is 880. The van der Waals surface area contributed by atoms with Crippen molar-refractivity contribution in [3.05, 3.63) is 59.2 Å². The van der Waals surface area contributed by atoms with E-state index in [9.17, 15) is 14.4 Å². The van der Waals surface area contributed by atoms with Crippen molar-refractivity contribution in [3.63, 3.8) is 0 Å². The second-order valence-electron chi connectivity index (χ2n) is 6.50.